The van der Waals surface area contributed by atoms with Crippen LogP contribution in [0.2, 0.25) is 0 Å². The maximum atomic E-state index is 12.7. The van der Waals surface area contributed by atoms with E-state index in [9.17, 15) is 9.59 Å². The van der Waals surface area contributed by atoms with Crippen LogP contribution in [0, 0.1) is 0 Å². The van der Waals surface area contributed by atoms with Crippen molar-refractivity contribution in [1.82, 2.24) is 15.1 Å². The Labute approximate surface area is 160 Å². The lowest BCUT2D eigenvalue weighted by Crippen LogP contribution is -2.46. The fourth-order valence-corrected chi connectivity index (χ4v) is 3.55. The van der Waals surface area contributed by atoms with E-state index in [-0.39, 0.29) is 24.6 Å². The summed E-state index contributed by atoms with van der Waals surface area (Å²) in [5, 5.41) is 2.79. The van der Waals surface area contributed by atoms with Crippen molar-refractivity contribution >= 4 is 11.9 Å². The second kappa shape index (κ2) is 9.60. The number of ether oxygens (including phenoxy) is 2. The lowest BCUT2D eigenvalue weighted by atomic mass is 10.2. The van der Waals surface area contributed by atoms with E-state index in [2.05, 4.69) is 5.32 Å². The molecule has 0 aliphatic carbocycles. The zero-order valence-corrected chi connectivity index (χ0v) is 16.0. The molecule has 27 heavy (non-hydrogen) atoms. The molecular weight excluding hydrogens is 346 g/mol. The average Bonchev–Trinajstić information content (AvgIpc) is 3.40. The van der Waals surface area contributed by atoms with Crippen LogP contribution in [-0.2, 0) is 16.1 Å². The summed E-state index contributed by atoms with van der Waals surface area (Å²) < 4.78 is 10.9. The van der Waals surface area contributed by atoms with Crippen molar-refractivity contribution in [3.8, 4) is 5.75 Å². The molecule has 2 heterocycles. The molecule has 1 aromatic rings. The number of nitrogens with one attached hydrogen (secondary N) is 1. The van der Waals surface area contributed by atoms with Crippen LogP contribution >= 0.6 is 0 Å². The molecule has 0 bridgehead atoms. The predicted octanol–water partition coefficient (Wildman–Crippen LogP) is 2.01. The molecule has 1 aromatic carbocycles. The largest absolute Gasteiger partial charge is 0.497 e. The highest BCUT2D eigenvalue weighted by Crippen LogP contribution is 2.17. The number of amides is 3. The minimum atomic E-state index is -0.228. The fourth-order valence-electron chi connectivity index (χ4n) is 3.55. The number of carbonyl (C=O) groups excluding carboxylic acids is 2. The molecule has 7 heteroatoms. The molecule has 3 rings (SSSR count). The van der Waals surface area contributed by atoms with Crippen LogP contribution in [-0.4, -0.2) is 67.7 Å². The molecule has 1 atom stereocenters. The van der Waals surface area contributed by atoms with E-state index in [0.717, 1.165) is 56.7 Å². The SMILES string of the molecule is COc1ccc(CN(C[C@H]2CCCO2)C(=O)NCC(=O)N2CCCC2)cc1. The van der Waals surface area contributed by atoms with Crippen molar-refractivity contribution in [2.45, 2.75) is 38.3 Å². The third kappa shape index (κ3) is 5.60. The van der Waals surface area contributed by atoms with Crippen LogP contribution < -0.4 is 10.1 Å². The molecule has 0 spiro atoms. The van der Waals surface area contributed by atoms with Gasteiger partial charge >= 0.3 is 6.03 Å². The Balaban J connectivity index is 1.58. The number of nitrogens with zero attached hydrogens (tertiary/aromatic N) is 2. The van der Waals surface area contributed by atoms with Gasteiger partial charge in [-0.1, -0.05) is 12.1 Å². The Bertz CT molecular complexity index is 623. The molecule has 2 aliphatic heterocycles. The number of benzene rings is 1. The molecule has 0 aromatic heterocycles. The lowest BCUT2D eigenvalue weighted by molar-refractivity contribution is -0.129. The van der Waals surface area contributed by atoms with Gasteiger partial charge < -0.3 is 24.6 Å². The zero-order valence-electron chi connectivity index (χ0n) is 16.0. The van der Waals surface area contributed by atoms with Crippen LogP contribution in [0.3, 0.4) is 0 Å². The van der Waals surface area contributed by atoms with Crippen molar-refractivity contribution in [3.05, 3.63) is 29.8 Å². The quantitative estimate of drug-likeness (QED) is 0.791. The first-order chi connectivity index (χ1) is 13.2. The Kier molecular flexibility index (Phi) is 6.92. The monoisotopic (exact) mass is 375 g/mol. The number of urea groups is 1. The number of rotatable bonds is 7. The fraction of sp³-hybridized carbons (Fsp3) is 0.600. The van der Waals surface area contributed by atoms with Gasteiger partial charge in [-0.3, -0.25) is 4.79 Å². The molecule has 0 saturated carbocycles. The molecule has 2 aliphatic rings. The highest BCUT2D eigenvalue weighted by molar-refractivity contribution is 5.84. The summed E-state index contributed by atoms with van der Waals surface area (Å²) in [6, 6.07) is 7.44. The summed E-state index contributed by atoms with van der Waals surface area (Å²) in [6.07, 6.45) is 4.13. The first kappa shape index (κ1) is 19.5. The zero-order chi connectivity index (χ0) is 19.1. The van der Waals surface area contributed by atoms with E-state index < -0.39 is 0 Å². The van der Waals surface area contributed by atoms with Crippen molar-refractivity contribution < 1.29 is 19.1 Å². The third-order valence-corrected chi connectivity index (χ3v) is 5.12. The van der Waals surface area contributed by atoms with E-state index in [1.54, 1.807) is 12.0 Å². The maximum absolute atomic E-state index is 12.7. The summed E-state index contributed by atoms with van der Waals surface area (Å²) in [5.74, 6) is 0.771. The highest BCUT2D eigenvalue weighted by atomic mass is 16.5. The smallest absolute Gasteiger partial charge is 0.318 e. The molecule has 1 N–H and O–H groups in total. The van der Waals surface area contributed by atoms with Gasteiger partial charge in [0.1, 0.15) is 5.75 Å². The third-order valence-electron chi connectivity index (χ3n) is 5.12. The van der Waals surface area contributed by atoms with Gasteiger partial charge in [0, 0.05) is 32.8 Å². The van der Waals surface area contributed by atoms with Crippen LogP contribution in [0.1, 0.15) is 31.2 Å². The standard InChI is InChI=1S/C20H29N3O4/c1-26-17-8-6-16(7-9-17)14-23(15-18-5-4-12-27-18)20(25)21-13-19(24)22-10-2-3-11-22/h6-9,18H,2-5,10-15H2,1H3,(H,21,25)/t18-/m1/s1. The van der Waals surface area contributed by atoms with E-state index in [0.29, 0.717) is 13.1 Å². The number of likely N-dealkylation sites (tertiary alicyclic amines) is 1. The second-order valence-corrected chi connectivity index (χ2v) is 7.11. The van der Waals surface area contributed by atoms with Gasteiger partial charge in [-0.05, 0) is 43.4 Å². The number of hydrogen-bond donors (Lipinski definition) is 1. The molecule has 2 fully saturated rings. The minimum Gasteiger partial charge on any atom is -0.497 e. The van der Waals surface area contributed by atoms with E-state index >= 15 is 0 Å². The molecule has 7 nitrogen and oxygen atoms in total. The van der Waals surface area contributed by atoms with E-state index in [1.807, 2.05) is 29.2 Å². The maximum Gasteiger partial charge on any atom is 0.318 e. The van der Waals surface area contributed by atoms with Gasteiger partial charge in [0.2, 0.25) is 5.91 Å². The Morgan fingerprint density at radius 1 is 1.22 bits per heavy atom. The molecule has 0 unspecified atom stereocenters. The molecule has 148 valence electrons. The summed E-state index contributed by atoms with van der Waals surface area (Å²) in [4.78, 5) is 28.5. The summed E-state index contributed by atoms with van der Waals surface area (Å²) in [6.45, 7) is 3.36. The first-order valence-electron chi connectivity index (χ1n) is 9.71. The number of methoxy groups -OCH3 is 1. The number of hydrogen-bond acceptors (Lipinski definition) is 4. The van der Waals surface area contributed by atoms with E-state index in [4.69, 9.17) is 9.47 Å². The van der Waals surface area contributed by atoms with Crippen LogP contribution in [0.15, 0.2) is 24.3 Å². The Morgan fingerprint density at radius 3 is 2.59 bits per heavy atom. The molecular formula is C20H29N3O4. The van der Waals surface area contributed by atoms with Crippen molar-refractivity contribution in [2.75, 3.05) is 39.9 Å². The highest BCUT2D eigenvalue weighted by Gasteiger charge is 2.24. The summed E-state index contributed by atoms with van der Waals surface area (Å²) in [5.41, 5.74) is 1.01. The molecule has 2 saturated heterocycles. The number of carbonyl (C=O) groups is 2. The lowest BCUT2D eigenvalue weighted by Gasteiger charge is -2.26. The van der Waals surface area contributed by atoms with Gasteiger partial charge in [0.15, 0.2) is 0 Å². The normalized spacial score (nSPS) is 19.1. The first-order valence-corrected chi connectivity index (χ1v) is 9.71. The van der Waals surface area contributed by atoms with Gasteiger partial charge in [-0.15, -0.1) is 0 Å². The Morgan fingerprint density at radius 2 is 1.96 bits per heavy atom. The molecule has 0 radical (unpaired) electrons. The minimum absolute atomic E-state index is 0.0117. The van der Waals surface area contributed by atoms with E-state index in [1.165, 1.54) is 0 Å². The average molecular weight is 375 g/mol. The van der Waals surface area contributed by atoms with Gasteiger partial charge in [-0.2, -0.15) is 0 Å². The van der Waals surface area contributed by atoms with Crippen molar-refractivity contribution in [3.63, 3.8) is 0 Å². The van der Waals surface area contributed by atoms with Crippen molar-refractivity contribution in [1.29, 1.82) is 0 Å². The van der Waals surface area contributed by atoms with Crippen molar-refractivity contribution in [2.24, 2.45) is 0 Å². The van der Waals surface area contributed by atoms with Crippen LogP contribution in [0.5, 0.6) is 5.75 Å². The van der Waals surface area contributed by atoms with Gasteiger partial charge in [0.25, 0.3) is 0 Å². The van der Waals surface area contributed by atoms with Crippen LogP contribution in [0.4, 0.5) is 4.79 Å². The predicted molar refractivity (Wildman–Crippen MR) is 102 cm³/mol. The summed E-state index contributed by atoms with van der Waals surface area (Å²) in [7, 11) is 1.63. The summed E-state index contributed by atoms with van der Waals surface area (Å²) >= 11 is 0. The van der Waals surface area contributed by atoms with Gasteiger partial charge in [-0.25, -0.2) is 4.79 Å². The molecule has 3 amide bonds. The Hall–Kier alpha value is -2.28. The second-order valence-electron chi connectivity index (χ2n) is 7.11. The topological polar surface area (TPSA) is 71.1 Å². The van der Waals surface area contributed by atoms with Crippen LogP contribution in [0.25, 0.3) is 0 Å². The van der Waals surface area contributed by atoms with Gasteiger partial charge in [0.05, 0.1) is 19.8 Å².